The van der Waals surface area contributed by atoms with Crippen LogP contribution in [0.1, 0.15) is 5.56 Å². The number of hydrogen-bond acceptors (Lipinski definition) is 4. The van der Waals surface area contributed by atoms with E-state index in [2.05, 4.69) is 9.72 Å². The average molecular weight is 402 g/mol. The van der Waals surface area contributed by atoms with E-state index in [1.165, 1.54) is 22.6 Å². The molecular formula is C7HF6IN2O3. The Morgan fingerprint density at radius 3 is 2.16 bits per heavy atom. The monoisotopic (exact) mass is 402 g/mol. The number of hydrogen-bond donors (Lipinski definition) is 0. The van der Waals surface area contributed by atoms with E-state index >= 15 is 0 Å². The van der Waals surface area contributed by atoms with E-state index in [0.29, 0.717) is 6.07 Å². The first-order valence-electron chi connectivity index (χ1n) is 4.09. The Kier molecular flexibility index (Phi) is 4.11. The topological polar surface area (TPSA) is 65.3 Å². The van der Waals surface area contributed by atoms with E-state index in [9.17, 15) is 36.5 Å². The number of nitrogens with zero attached hydrogens (tertiary/aromatic N) is 2. The molecular weight excluding hydrogens is 401 g/mol. The van der Waals surface area contributed by atoms with Crippen molar-refractivity contribution < 1.29 is 36.0 Å². The van der Waals surface area contributed by atoms with Crippen molar-refractivity contribution in [2.24, 2.45) is 0 Å². The first kappa shape index (κ1) is 15.7. The zero-order valence-electron chi connectivity index (χ0n) is 8.34. The summed E-state index contributed by atoms with van der Waals surface area (Å²) >= 11 is 1.23. The first-order chi connectivity index (χ1) is 8.42. The predicted molar refractivity (Wildman–Crippen MR) is 55.3 cm³/mol. The number of aromatic nitrogens is 1. The zero-order chi connectivity index (χ0) is 15.0. The van der Waals surface area contributed by atoms with Crippen LogP contribution in [0.2, 0.25) is 0 Å². The van der Waals surface area contributed by atoms with Gasteiger partial charge in [0.1, 0.15) is 3.70 Å². The quantitative estimate of drug-likeness (QED) is 0.250. The summed E-state index contributed by atoms with van der Waals surface area (Å²) in [6.07, 6.45) is -10.9. The third-order valence-electron chi connectivity index (χ3n) is 1.63. The summed E-state index contributed by atoms with van der Waals surface area (Å²) in [4.78, 5) is 11.9. The molecule has 0 fully saturated rings. The lowest BCUT2D eigenvalue weighted by atomic mass is 10.2. The third kappa shape index (κ3) is 4.07. The van der Waals surface area contributed by atoms with Gasteiger partial charge in [0.2, 0.25) is 5.88 Å². The molecule has 0 unspecified atom stereocenters. The van der Waals surface area contributed by atoms with Crippen molar-refractivity contribution >= 4 is 28.3 Å². The maximum atomic E-state index is 12.6. The van der Waals surface area contributed by atoms with Crippen LogP contribution in [0.5, 0.6) is 5.88 Å². The smallest absolute Gasteiger partial charge is 0.387 e. The van der Waals surface area contributed by atoms with Crippen LogP contribution in [0, 0.1) is 13.8 Å². The van der Waals surface area contributed by atoms with E-state index in [1.54, 1.807) is 0 Å². The molecule has 106 valence electrons. The molecule has 0 aromatic carbocycles. The fourth-order valence-corrected chi connectivity index (χ4v) is 1.59. The van der Waals surface area contributed by atoms with E-state index in [1.807, 2.05) is 0 Å². The van der Waals surface area contributed by atoms with Gasteiger partial charge in [-0.15, -0.1) is 13.2 Å². The van der Waals surface area contributed by atoms with E-state index in [-0.39, 0.29) is 0 Å². The van der Waals surface area contributed by atoms with Crippen LogP contribution in [0.15, 0.2) is 6.07 Å². The molecule has 12 heteroatoms. The standard InChI is InChI=1S/C7HF6IN2O3/c8-6(9,10)4-2(16(17)18)1-3(14)15-5(4)19-7(11,12)13/h1H. The van der Waals surface area contributed by atoms with Crippen molar-refractivity contribution in [2.75, 3.05) is 0 Å². The second-order valence-corrected chi connectivity index (χ2v) is 4.05. The number of pyridine rings is 1. The van der Waals surface area contributed by atoms with Gasteiger partial charge in [0.15, 0.2) is 5.56 Å². The molecule has 1 aromatic heterocycles. The van der Waals surface area contributed by atoms with E-state index < -0.39 is 38.3 Å². The van der Waals surface area contributed by atoms with Crippen LogP contribution in [0.25, 0.3) is 0 Å². The Bertz CT molecular complexity index is 515. The van der Waals surface area contributed by atoms with Crippen LogP contribution < -0.4 is 4.74 Å². The van der Waals surface area contributed by atoms with Gasteiger partial charge in [-0.3, -0.25) is 10.1 Å². The minimum Gasteiger partial charge on any atom is -0.387 e. The lowest BCUT2D eigenvalue weighted by Gasteiger charge is -2.14. The molecule has 0 aliphatic carbocycles. The fraction of sp³-hybridized carbons (Fsp3) is 0.286. The normalized spacial score (nSPS) is 12.4. The summed E-state index contributed by atoms with van der Waals surface area (Å²) in [6.45, 7) is 0. The van der Waals surface area contributed by atoms with Gasteiger partial charge in [0.05, 0.1) is 4.92 Å². The van der Waals surface area contributed by atoms with Crippen LogP contribution in [0.3, 0.4) is 0 Å². The lowest BCUT2D eigenvalue weighted by molar-refractivity contribution is -0.388. The molecule has 0 atom stereocenters. The Balaban J connectivity index is 3.56. The van der Waals surface area contributed by atoms with Gasteiger partial charge >= 0.3 is 12.5 Å². The molecule has 1 heterocycles. The lowest BCUT2D eigenvalue weighted by Crippen LogP contribution is -2.22. The molecule has 0 amide bonds. The van der Waals surface area contributed by atoms with Crippen molar-refractivity contribution in [3.63, 3.8) is 0 Å². The second kappa shape index (κ2) is 4.97. The molecule has 19 heavy (non-hydrogen) atoms. The summed E-state index contributed by atoms with van der Waals surface area (Å²) in [5.41, 5.74) is -3.75. The third-order valence-corrected chi connectivity index (χ3v) is 2.18. The summed E-state index contributed by atoms with van der Waals surface area (Å²) in [5.74, 6) is -1.90. The van der Waals surface area contributed by atoms with Crippen LogP contribution in [-0.2, 0) is 6.18 Å². The minimum absolute atomic E-state index is 0.395. The number of ether oxygens (including phenoxy) is 1. The van der Waals surface area contributed by atoms with Crippen LogP contribution >= 0.6 is 22.6 Å². The summed E-state index contributed by atoms with van der Waals surface area (Å²) in [5, 5.41) is 10.5. The fourth-order valence-electron chi connectivity index (χ4n) is 1.07. The number of alkyl halides is 6. The number of rotatable bonds is 2. The molecule has 0 aliphatic heterocycles. The van der Waals surface area contributed by atoms with E-state index in [0.717, 1.165) is 0 Å². The van der Waals surface area contributed by atoms with Gasteiger partial charge in [-0.1, -0.05) is 0 Å². The zero-order valence-corrected chi connectivity index (χ0v) is 10.5. The highest BCUT2D eigenvalue weighted by Gasteiger charge is 2.46. The van der Waals surface area contributed by atoms with Crippen molar-refractivity contribution in [1.29, 1.82) is 0 Å². The maximum Gasteiger partial charge on any atom is 0.574 e. The number of nitro groups is 1. The SMILES string of the molecule is O=[N+]([O-])c1cc(I)nc(OC(F)(F)F)c1C(F)(F)F. The summed E-state index contributed by atoms with van der Waals surface area (Å²) in [7, 11) is 0. The van der Waals surface area contributed by atoms with Gasteiger partial charge in [0, 0.05) is 6.07 Å². The Morgan fingerprint density at radius 2 is 1.79 bits per heavy atom. The average Bonchev–Trinajstić information content (AvgIpc) is 2.10. The highest BCUT2D eigenvalue weighted by molar-refractivity contribution is 14.1. The molecule has 0 radical (unpaired) electrons. The molecule has 1 aromatic rings. The van der Waals surface area contributed by atoms with Crippen molar-refractivity contribution in [2.45, 2.75) is 12.5 Å². The number of halogens is 7. The highest BCUT2D eigenvalue weighted by Crippen LogP contribution is 2.43. The molecule has 0 spiro atoms. The van der Waals surface area contributed by atoms with Crippen molar-refractivity contribution in [1.82, 2.24) is 4.98 Å². The van der Waals surface area contributed by atoms with Crippen molar-refractivity contribution in [3.05, 3.63) is 25.4 Å². The maximum absolute atomic E-state index is 12.6. The predicted octanol–water partition coefficient (Wildman–Crippen LogP) is 3.51. The minimum atomic E-state index is -5.45. The molecule has 0 bridgehead atoms. The van der Waals surface area contributed by atoms with Crippen molar-refractivity contribution in [3.8, 4) is 5.88 Å². The van der Waals surface area contributed by atoms with Gasteiger partial charge < -0.3 is 4.74 Å². The Morgan fingerprint density at radius 1 is 1.26 bits per heavy atom. The highest BCUT2D eigenvalue weighted by atomic mass is 127. The largest absolute Gasteiger partial charge is 0.574 e. The first-order valence-corrected chi connectivity index (χ1v) is 5.17. The summed E-state index contributed by atoms with van der Waals surface area (Å²) < 4.78 is 76.3. The molecule has 0 saturated carbocycles. The molecule has 0 aliphatic rings. The Labute approximate surface area is 113 Å². The molecule has 0 saturated heterocycles. The van der Waals surface area contributed by atoms with Crippen LogP contribution in [0.4, 0.5) is 32.0 Å². The van der Waals surface area contributed by atoms with Gasteiger partial charge in [-0.05, 0) is 22.6 Å². The molecule has 5 nitrogen and oxygen atoms in total. The van der Waals surface area contributed by atoms with Gasteiger partial charge in [-0.25, -0.2) is 4.98 Å². The van der Waals surface area contributed by atoms with Gasteiger partial charge in [0.25, 0.3) is 5.69 Å². The molecule has 1 rings (SSSR count). The Hall–Kier alpha value is -1.34. The van der Waals surface area contributed by atoms with E-state index in [4.69, 9.17) is 0 Å². The summed E-state index contributed by atoms with van der Waals surface area (Å²) in [6, 6.07) is 0.395. The molecule has 0 N–H and O–H groups in total. The van der Waals surface area contributed by atoms with Crippen LogP contribution in [-0.4, -0.2) is 16.3 Å². The second-order valence-electron chi connectivity index (χ2n) is 2.95. The van der Waals surface area contributed by atoms with Gasteiger partial charge in [-0.2, -0.15) is 13.2 Å².